The van der Waals surface area contributed by atoms with Gasteiger partial charge in [0, 0.05) is 65.9 Å². The summed E-state index contributed by atoms with van der Waals surface area (Å²) in [5.74, 6) is 0. The standard InChI is InChI=1S/C36H22N4O12S4/c41-53(42,43)17-1-5-21-25(9-17)33-14-31-23-7-3-18(54(44,45)46)10-26(23)34(39-31)15-32-24-8-4-20(56(50,51)52)12-28(24)36(40-32)16-35-27-11-19(55(47,48)49)2-6-22(27)30(38-35)13-29(21)37-33/h1-16,38-39H,(H,41,42,43)(H,44,45,46)(H,47,48,49)(H,50,51,52). The Morgan fingerprint density at radius 3 is 0.964 bits per heavy atom. The Morgan fingerprint density at radius 1 is 0.339 bits per heavy atom. The third kappa shape index (κ3) is 5.95. The third-order valence-corrected chi connectivity index (χ3v) is 13.0. The fourth-order valence-corrected chi connectivity index (χ4v) is 9.05. The van der Waals surface area contributed by atoms with Crippen molar-refractivity contribution in [3.05, 3.63) is 97.1 Å². The molecule has 0 radical (unpaired) electrons. The SMILES string of the molecule is O=S(=O)(O)c1ccc2c(c1)-c1cc3[nH]c(cc4nc(cc5[nH]c(cc-2n1)c1ccc(S(=O)(=O)O)cc51)-c1cc(S(=O)(=O)O)ccc1-4)c1cc(S(=O)(=O)O)ccc31. The molecule has 56 heavy (non-hydrogen) atoms. The zero-order chi connectivity index (χ0) is 39.7. The highest BCUT2D eigenvalue weighted by molar-refractivity contribution is 7.86. The molecule has 0 saturated carbocycles. The Kier molecular flexibility index (Phi) is 7.57. The van der Waals surface area contributed by atoms with Crippen molar-refractivity contribution in [1.29, 1.82) is 0 Å². The lowest BCUT2D eigenvalue weighted by Crippen LogP contribution is -1.98. The van der Waals surface area contributed by atoms with Gasteiger partial charge in [0.15, 0.2) is 0 Å². The highest BCUT2D eigenvalue weighted by atomic mass is 32.2. The van der Waals surface area contributed by atoms with Crippen LogP contribution in [0.15, 0.2) is 117 Å². The lowest BCUT2D eigenvalue weighted by molar-refractivity contribution is 0.481. The number of hydrogen-bond acceptors (Lipinski definition) is 10. The monoisotopic (exact) mass is 830 g/mol. The molecule has 7 aromatic rings. The van der Waals surface area contributed by atoms with Crippen LogP contribution in [0, 0.1) is 0 Å². The largest absolute Gasteiger partial charge is 0.354 e. The van der Waals surface area contributed by atoms with E-state index in [1.807, 2.05) is 0 Å². The second kappa shape index (κ2) is 11.8. The second-order valence-electron chi connectivity index (χ2n) is 13.0. The van der Waals surface area contributed by atoms with E-state index in [2.05, 4.69) is 9.97 Å². The highest BCUT2D eigenvalue weighted by Gasteiger charge is 2.24. The van der Waals surface area contributed by atoms with E-state index in [-0.39, 0.29) is 39.1 Å². The molecule has 16 nitrogen and oxygen atoms in total. The van der Waals surface area contributed by atoms with Crippen LogP contribution in [0.5, 0.6) is 0 Å². The lowest BCUT2D eigenvalue weighted by Gasteiger charge is -2.03. The molecule has 0 amide bonds. The maximum absolute atomic E-state index is 12.2. The molecule has 20 heteroatoms. The molecule has 282 valence electrons. The van der Waals surface area contributed by atoms with Crippen LogP contribution in [0.3, 0.4) is 0 Å². The smallest absolute Gasteiger partial charge is 0.294 e. The number of H-pyrrole nitrogens is 2. The van der Waals surface area contributed by atoms with Crippen LogP contribution >= 0.6 is 0 Å². The molecular weight excluding hydrogens is 809 g/mol. The van der Waals surface area contributed by atoms with Crippen molar-refractivity contribution < 1.29 is 51.9 Å². The zero-order valence-electron chi connectivity index (χ0n) is 27.8. The topological polar surface area (TPSA) is 275 Å². The number of aromatic amines is 2. The maximum atomic E-state index is 12.2. The fourth-order valence-electron chi connectivity index (χ4n) is 7.02. The average Bonchev–Trinajstić information content (AvgIpc) is 3.84. The molecule has 3 aromatic heterocycles. The number of nitrogens with zero attached hydrogens (tertiary/aromatic N) is 2. The Bertz CT molecular complexity index is 3600. The van der Waals surface area contributed by atoms with Crippen molar-refractivity contribution in [1.82, 2.24) is 19.9 Å². The number of hydrogen-bond donors (Lipinski definition) is 6. The Labute approximate surface area is 316 Å². The van der Waals surface area contributed by atoms with Crippen LogP contribution in [0.2, 0.25) is 0 Å². The molecular formula is C36H22N4O12S4. The number of nitrogens with one attached hydrogen (secondary N) is 2. The third-order valence-electron chi connectivity index (χ3n) is 9.56. The first-order valence-corrected chi connectivity index (χ1v) is 21.8. The van der Waals surface area contributed by atoms with Gasteiger partial charge in [0.2, 0.25) is 0 Å². The molecule has 0 aliphatic carbocycles. The van der Waals surface area contributed by atoms with Crippen LogP contribution in [0.25, 0.3) is 88.6 Å². The number of benzene rings is 4. The first kappa shape index (κ1) is 35.8. The van der Waals surface area contributed by atoms with Gasteiger partial charge in [-0.15, -0.1) is 0 Å². The van der Waals surface area contributed by atoms with Crippen molar-refractivity contribution >= 4 is 84.1 Å². The molecule has 0 atom stereocenters. The Hall–Kier alpha value is -5.84. The van der Waals surface area contributed by atoms with Crippen molar-refractivity contribution in [3.63, 3.8) is 0 Å². The van der Waals surface area contributed by atoms with Gasteiger partial charge in [0.05, 0.1) is 42.4 Å². The summed E-state index contributed by atoms with van der Waals surface area (Å²) in [7, 11) is -18.7. The van der Waals surface area contributed by atoms with E-state index in [0.29, 0.717) is 49.6 Å². The first-order chi connectivity index (χ1) is 26.2. The summed E-state index contributed by atoms with van der Waals surface area (Å²) in [6.45, 7) is 0. The fraction of sp³-hybridized carbons (Fsp3) is 0. The van der Waals surface area contributed by atoms with E-state index in [1.54, 1.807) is 18.2 Å². The van der Waals surface area contributed by atoms with Gasteiger partial charge in [-0.2, -0.15) is 33.7 Å². The van der Waals surface area contributed by atoms with Crippen LogP contribution in [-0.2, 0) is 40.5 Å². The highest BCUT2D eigenvalue weighted by Crippen LogP contribution is 2.42. The van der Waals surface area contributed by atoms with Crippen LogP contribution in [0.4, 0.5) is 0 Å². The zero-order valence-corrected chi connectivity index (χ0v) is 31.1. The number of rotatable bonds is 4. The first-order valence-electron chi connectivity index (χ1n) is 16.0. The van der Waals surface area contributed by atoms with E-state index < -0.39 is 60.1 Å². The predicted molar refractivity (Wildman–Crippen MR) is 204 cm³/mol. The summed E-state index contributed by atoms with van der Waals surface area (Å²) >= 11 is 0. The van der Waals surface area contributed by atoms with Crippen LogP contribution < -0.4 is 0 Å². The van der Waals surface area contributed by atoms with Crippen LogP contribution in [0.1, 0.15) is 0 Å². The molecule has 0 unspecified atom stereocenters. The van der Waals surface area contributed by atoms with Gasteiger partial charge >= 0.3 is 0 Å². The summed E-state index contributed by atoms with van der Waals surface area (Å²) < 4.78 is 138. The number of fused-ring (bicyclic) bond motifs is 20. The summed E-state index contributed by atoms with van der Waals surface area (Å²) in [5, 5.41) is 1.49. The molecule has 6 N–H and O–H groups in total. The van der Waals surface area contributed by atoms with Gasteiger partial charge in [0.1, 0.15) is 0 Å². The lowest BCUT2D eigenvalue weighted by atomic mass is 10.0. The van der Waals surface area contributed by atoms with E-state index in [1.165, 1.54) is 78.9 Å². The molecule has 9 rings (SSSR count). The summed E-state index contributed by atoms with van der Waals surface area (Å²) in [4.78, 5) is 14.3. The van der Waals surface area contributed by atoms with Crippen molar-refractivity contribution in [2.24, 2.45) is 0 Å². The van der Waals surface area contributed by atoms with Gasteiger partial charge in [-0.25, -0.2) is 9.97 Å². The number of aromatic nitrogens is 4. The minimum Gasteiger partial charge on any atom is -0.354 e. The molecule has 5 heterocycles. The predicted octanol–water partition coefficient (Wildman–Crippen LogP) is 6.28. The van der Waals surface area contributed by atoms with E-state index >= 15 is 0 Å². The van der Waals surface area contributed by atoms with Gasteiger partial charge < -0.3 is 9.97 Å². The van der Waals surface area contributed by atoms with Crippen molar-refractivity contribution in [2.45, 2.75) is 19.6 Å². The maximum Gasteiger partial charge on any atom is 0.294 e. The molecule has 2 aliphatic heterocycles. The van der Waals surface area contributed by atoms with Gasteiger partial charge in [-0.3, -0.25) is 18.2 Å². The summed E-state index contributed by atoms with van der Waals surface area (Å²) in [5.41, 5.74) is 3.61. The quantitative estimate of drug-likeness (QED) is 0.107. The molecule has 0 fully saturated rings. The van der Waals surface area contributed by atoms with E-state index in [0.717, 1.165) is 0 Å². The van der Waals surface area contributed by atoms with Gasteiger partial charge in [-0.1, -0.05) is 24.3 Å². The minimum absolute atomic E-state index is 0.161. The van der Waals surface area contributed by atoms with Gasteiger partial charge in [-0.05, 0) is 72.8 Å². The average molecular weight is 831 g/mol. The summed E-state index contributed by atoms with van der Waals surface area (Å²) in [6.07, 6.45) is 0. The minimum atomic E-state index is -4.69. The Morgan fingerprint density at radius 2 is 0.625 bits per heavy atom. The second-order valence-corrected chi connectivity index (χ2v) is 18.7. The van der Waals surface area contributed by atoms with Crippen molar-refractivity contribution in [2.75, 3.05) is 0 Å². The van der Waals surface area contributed by atoms with Gasteiger partial charge in [0.25, 0.3) is 40.5 Å². The molecule has 0 saturated heterocycles. The Balaban J connectivity index is 1.50. The molecule has 0 spiro atoms. The normalized spacial score (nSPS) is 13.2. The van der Waals surface area contributed by atoms with Crippen molar-refractivity contribution in [3.8, 4) is 45.0 Å². The van der Waals surface area contributed by atoms with Crippen LogP contribution in [-0.4, -0.2) is 71.8 Å². The summed E-state index contributed by atoms with van der Waals surface area (Å²) in [6, 6.07) is 21.7. The van der Waals surface area contributed by atoms with E-state index in [4.69, 9.17) is 9.97 Å². The molecule has 4 aromatic carbocycles. The van der Waals surface area contributed by atoms with E-state index in [9.17, 15) is 51.9 Å². The molecule has 2 aliphatic rings. The molecule has 8 bridgehead atoms.